The maximum atomic E-state index is 13.1. The zero-order chi connectivity index (χ0) is 68.6. The van der Waals surface area contributed by atoms with Crippen LogP contribution in [0.1, 0.15) is 382 Å². The molecule has 3 N–H and O–H groups in total. The monoisotopic (exact) mass is 1370 g/mol. The number of ether oxygens (including phenoxy) is 4. The minimum atomic E-state index is -4.95. The molecule has 0 aromatic carbocycles. The number of unbranched alkanes of at least 4 members (excludes halogenated alkanes) is 43. The Morgan fingerprint density at radius 1 is 0.290 bits per heavy atom. The summed E-state index contributed by atoms with van der Waals surface area (Å²) in [6, 6.07) is 0. The molecule has 2 unspecified atom stereocenters. The van der Waals surface area contributed by atoms with Gasteiger partial charge in [0.15, 0.2) is 12.2 Å². The zero-order valence-corrected chi connectivity index (χ0v) is 62.3. The molecule has 0 saturated carbocycles. The standard InChI is InChI=1S/C74H144O17P2/c1-7-9-11-13-15-17-19-26-32-38-44-50-56-71(76)84-62-69(90-73(78)58-52-46-40-33-27-20-18-16-14-12-10-8-2)64-88-92(80,81)86-60-68(75)61-87-93(82,83)89-65-70(63-85-72(77)57-51-45-39-35-29-31-37-43-49-55-67(5)6)91-74(79)59-53-47-41-34-28-24-22-21-23-25-30-36-42-48-54-66(3)4/h66-70,75H,7-65H2,1-6H3,(H,80,81)(H,82,83)/t68-,69+,70+/m0/s1. The highest BCUT2D eigenvalue weighted by Crippen LogP contribution is 2.45. The van der Waals surface area contributed by atoms with Crippen LogP contribution in [0.5, 0.6) is 0 Å². The van der Waals surface area contributed by atoms with Crippen molar-refractivity contribution in [1.29, 1.82) is 0 Å². The summed E-state index contributed by atoms with van der Waals surface area (Å²) in [5, 5.41) is 10.6. The maximum Gasteiger partial charge on any atom is 0.472 e. The number of aliphatic hydroxyl groups is 1. The Morgan fingerprint density at radius 2 is 0.495 bits per heavy atom. The summed E-state index contributed by atoms with van der Waals surface area (Å²) in [6.07, 6.45) is 52.5. The number of rotatable bonds is 73. The minimum absolute atomic E-state index is 0.107. The van der Waals surface area contributed by atoms with Crippen LogP contribution in [0.3, 0.4) is 0 Å². The Morgan fingerprint density at radius 3 is 0.731 bits per heavy atom. The summed E-state index contributed by atoms with van der Waals surface area (Å²) < 4.78 is 68.5. The molecule has 0 radical (unpaired) electrons. The average Bonchev–Trinajstić information content (AvgIpc) is 3.18. The van der Waals surface area contributed by atoms with Crippen molar-refractivity contribution in [2.24, 2.45) is 11.8 Å². The van der Waals surface area contributed by atoms with Gasteiger partial charge < -0.3 is 33.8 Å². The van der Waals surface area contributed by atoms with Crippen LogP contribution in [-0.4, -0.2) is 96.7 Å². The van der Waals surface area contributed by atoms with Gasteiger partial charge in [-0.25, -0.2) is 9.13 Å². The van der Waals surface area contributed by atoms with Crippen LogP contribution in [0.2, 0.25) is 0 Å². The third-order valence-corrected chi connectivity index (χ3v) is 19.1. The third-order valence-electron chi connectivity index (χ3n) is 17.2. The van der Waals surface area contributed by atoms with Gasteiger partial charge in [0, 0.05) is 25.7 Å². The predicted molar refractivity (Wildman–Crippen MR) is 377 cm³/mol. The highest BCUT2D eigenvalue weighted by Gasteiger charge is 2.30. The first-order valence-corrected chi connectivity index (χ1v) is 41.5. The highest BCUT2D eigenvalue weighted by molar-refractivity contribution is 7.47. The number of carbonyl (C=O) groups excluding carboxylic acids is 4. The van der Waals surface area contributed by atoms with E-state index >= 15 is 0 Å². The molecule has 0 aliphatic heterocycles. The van der Waals surface area contributed by atoms with Crippen molar-refractivity contribution in [3.05, 3.63) is 0 Å². The highest BCUT2D eigenvalue weighted by atomic mass is 31.2. The van der Waals surface area contributed by atoms with Crippen molar-refractivity contribution in [1.82, 2.24) is 0 Å². The van der Waals surface area contributed by atoms with Crippen LogP contribution in [0.25, 0.3) is 0 Å². The quantitative estimate of drug-likeness (QED) is 0.0222. The van der Waals surface area contributed by atoms with Crippen molar-refractivity contribution >= 4 is 39.5 Å². The molecule has 0 amide bonds. The maximum absolute atomic E-state index is 13.1. The second-order valence-electron chi connectivity index (χ2n) is 27.6. The smallest absolute Gasteiger partial charge is 0.462 e. The molecule has 0 spiro atoms. The summed E-state index contributed by atoms with van der Waals surface area (Å²) in [5.74, 6) is -0.577. The van der Waals surface area contributed by atoms with Gasteiger partial charge in [-0.3, -0.25) is 37.3 Å². The summed E-state index contributed by atoms with van der Waals surface area (Å²) in [4.78, 5) is 72.7. The summed E-state index contributed by atoms with van der Waals surface area (Å²) in [7, 11) is -9.91. The molecular weight excluding hydrogens is 1220 g/mol. The van der Waals surface area contributed by atoms with Crippen LogP contribution >= 0.6 is 15.6 Å². The van der Waals surface area contributed by atoms with E-state index in [9.17, 15) is 43.2 Å². The van der Waals surface area contributed by atoms with Gasteiger partial charge in [-0.15, -0.1) is 0 Å². The van der Waals surface area contributed by atoms with Gasteiger partial charge in [0.05, 0.1) is 26.4 Å². The van der Waals surface area contributed by atoms with Crippen molar-refractivity contribution in [2.75, 3.05) is 39.6 Å². The van der Waals surface area contributed by atoms with E-state index in [1.54, 1.807) is 0 Å². The normalized spacial score (nSPS) is 14.1. The Kier molecular flexibility index (Phi) is 64.6. The molecule has 0 bridgehead atoms. The van der Waals surface area contributed by atoms with Crippen LogP contribution < -0.4 is 0 Å². The van der Waals surface area contributed by atoms with Gasteiger partial charge in [0.1, 0.15) is 19.3 Å². The molecule has 0 rings (SSSR count). The van der Waals surface area contributed by atoms with Gasteiger partial charge in [0.2, 0.25) is 0 Å². The Hall–Kier alpha value is -1.94. The van der Waals surface area contributed by atoms with Gasteiger partial charge >= 0.3 is 39.5 Å². The Bertz CT molecular complexity index is 1800. The van der Waals surface area contributed by atoms with Crippen molar-refractivity contribution in [3.63, 3.8) is 0 Å². The molecule has 552 valence electrons. The average molecular weight is 1370 g/mol. The van der Waals surface area contributed by atoms with Crippen LogP contribution in [0.15, 0.2) is 0 Å². The van der Waals surface area contributed by atoms with E-state index in [1.165, 1.54) is 199 Å². The molecule has 0 fully saturated rings. The number of carbonyl (C=O) groups is 4. The molecule has 5 atom stereocenters. The van der Waals surface area contributed by atoms with Crippen LogP contribution in [-0.2, 0) is 65.4 Å². The molecule has 0 saturated heterocycles. The molecular formula is C74H144O17P2. The van der Waals surface area contributed by atoms with Crippen LogP contribution in [0.4, 0.5) is 0 Å². The first kappa shape index (κ1) is 91.1. The topological polar surface area (TPSA) is 237 Å². The molecule has 0 heterocycles. The lowest BCUT2D eigenvalue weighted by molar-refractivity contribution is -0.161. The number of hydrogen-bond donors (Lipinski definition) is 3. The van der Waals surface area contributed by atoms with Gasteiger partial charge in [-0.05, 0) is 37.5 Å². The van der Waals surface area contributed by atoms with E-state index in [0.29, 0.717) is 25.7 Å². The minimum Gasteiger partial charge on any atom is -0.462 e. The largest absolute Gasteiger partial charge is 0.472 e. The number of esters is 4. The fraction of sp³-hybridized carbons (Fsp3) is 0.946. The summed E-state index contributed by atoms with van der Waals surface area (Å²) in [6.45, 7) is 9.59. The molecule has 0 aliphatic carbocycles. The lowest BCUT2D eigenvalue weighted by atomic mass is 10.0. The summed E-state index contributed by atoms with van der Waals surface area (Å²) in [5.41, 5.74) is 0. The van der Waals surface area contributed by atoms with E-state index in [-0.39, 0.29) is 25.7 Å². The lowest BCUT2D eigenvalue weighted by Gasteiger charge is -2.21. The Balaban J connectivity index is 5.25. The second-order valence-corrected chi connectivity index (χ2v) is 30.5. The molecule has 17 nitrogen and oxygen atoms in total. The first-order chi connectivity index (χ1) is 44.9. The number of aliphatic hydroxyl groups excluding tert-OH is 1. The predicted octanol–water partition coefficient (Wildman–Crippen LogP) is 21.6. The van der Waals surface area contributed by atoms with Gasteiger partial charge in [-0.2, -0.15) is 0 Å². The molecule has 0 aromatic heterocycles. The molecule has 0 aromatic rings. The van der Waals surface area contributed by atoms with Crippen molar-refractivity contribution in [3.8, 4) is 0 Å². The van der Waals surface area contributed by atoms with E-state index in [2.05, 4.69) is 41.5 Å². The van der Waals surface area contributed by atoms with E-state index in [1.807, 2.05) is 0 Å². The lowest BCUT2D eigenvalue weighted by Crippen LogP contribution is -2.30. The van der Waals surface area contributed by atoms with Crippen LogP contribution in [0, 0.1) is 11.8 Å². The number of phosphoric acid groups is 2. The third kappa shape index (κ3) is 68.4. The van der Waals surface area contributed by atoms with E-state index in [0.717, 1.165) is 102 Å². The van der Waals surface area contributed by atoms with Gasteiger partial charge in [0.25, 0.3) is 0 Å². The SMILES string of the molecule is CCCCCCCCCCCCCCC(=O)OC[C@H](COP(=O)(O)OC[C@H](O)COP(=O)(O)OC[C@@H](COC(=O)CCCCCCCCCCCC(C)C)OC(=O)CCCCCCCCCCCCCCCCC(C)C)OC(=O)CCCCCCCCCCCCCC. The Labute approximate surface area is 568 Å². The zero-order valence-electron chi connectivity index (χ0n) is 60.6. The second kappa shape index (κ2) is 66.0. The first-order valence-electron chi connectivity index (χ1n) is 38.5. The van der Waals surface area contributed by atoms with Crippen molar-refractivity contribution < 1.29 is 80.2 Å². The summed E-state index contributed by atoms with van der Waals surface area (Å²) >= 11 is 0. The van der Waals surface area contributed by atoms with E-state index < -0.39 is 97.5 Å². The van der Waals surface area contributed by atoms with E-state index in [4.69, 9.17) is 37.0 Å². The fourth-order valence-electron chi connectivity index (χ4n) is 11.3. The molecule has 0 aliphatic rings. The molecule has 19 heteroatoms. The fourth-order valence-corrected chi connectivity index (χ4v) is 12.9. The van der Waals surface area contributed by atoms with Gasteiger partial charge in [-0.1, -0.05) is 330 Å². The van der Waals surface area contributed by atoms with Crippen molar-refractivity contribution in [2.45, 2.75) is 400 Å². The number of phosphoric ester groups is 2. The molecule has 93 heavy (non-hydrogen) atoms. The number of hydrogen-bond acceptors (Lipinski definition) is 15.